The van der Waals surface area contributed by atoms with Crippen molar-refractivity contribution in [2.45, 2.75) is 85.0 Å². The lowest BCUT2D eigenvalue weighted by Crippen LogP contribution is -2.33. The zero-order chi connectivity index (χ0) is 23.5. The second-order valence-electron chi connectivity index (χ2n) is 9.44. The van der Waals surface area contributed by atoms with Crippen LogP contribution in [0, 0.1) is 0 Å². The van der Waals surface area contributed by atoms with Crippen LogP contribution in [0.3, 0.4) is 0 Å². The van der Waals surface area contributed by atoms with Crippen LogP contribution >= 0.6 is 19.6 Å². The first kappa shape index (κ1) is 28.2. The molecule has 0 aliphatic rings. The van der Waals surface area contributed by atoms with Gasteiger partial charge in [-0.15, -0.1) is 0 Å². The average molecular weight is 474 g/mol. The molecule has 1 unspecified atom stereocenters. The van der Waals surface area contributed by atoms with Gasteiger partial charge in [-0.25, -0.2) is 4.57 Å². The normalized spacial score (nSPS) is 13.8. The topological polar surface area (TPSA) is 73.9 Å². The number of nitrogens with one attached hydrogen (secondary N) is 1. The van der Waals surface area contributed by atoms with Crippen LogP contribution in [0.4, 0.5) is 0 Å². The third-order valence-electron chi connectivity index (χ3n) is 3.83. The second-order valence-corrected chi connectivity index (χ2v) is 12.1. The predicted molar refractivity (Wildman–Crippen MR) is 129 cm³/mol. The van der Waals surface area contributed by atoms with Gasteiger partial charge in [0.25, 0.3) is 0 Å². The molecule has 0 saturated carbocycles. The Morgan fingerprint density at radius 2 is 1.61 bits per heavy atom. The lowest BCUT2D eigenvalue weighted by atomic mass is 10.1. The highest BCUT2D eigenvalue weighted by molar-refractivity contribution is 7.99. The summed E-state index contributed by atoms with van der Waals surface area (Å²) >= 11 is 1.62. The predicted octanol–water partition coefficient (Wildman–Crippen LogP) is 6.52. The van der Waals surface area contributed by atoms with E-state index < -0.39 is 25.1 Å². The molecule has 1 aromatic rings. The Bertz CT molecular complexity index is 680. The van der Waals surface area contributed by atoms with Crippen LogP contribution in [0.25, 0.3) is 0 Å². The fourth-order valence-corrected chi connectivity index (χ4v) is 5.31. The summed E-state index contributed by atoms with van der Waals surface area (Å²) in [6.45, 7) is 12.9. The molecule has 0 radical (unpaired) electrons. The van der Waals surface area contributed by atoms with E-state index >= 15 is 0 Å². The van der Waals surface area contributed by atoms with Crippen LogP contribution in [-0.2, 0) is 22.9 Å². The van der Waals surface area contributed by atoms with E-state index in [1.807, 2.05) is 30.3 Å². The number of hydrogen-bond donors (Lipinski definition) is 1. The molecule has 178 valence electrons. The number of benzene rings is 1. The Morgan fingerprint density at radius 1 is 1.03 bits per heavy atom. The third kappa shape index (κ3) is 13.3. The molecule has 6 nitrogen and oxygen atoms in total. The molecule has 0 aliphatic carbocycles. The van der Waals surface area contributed by atoms with Gasteiger partial charge in [-0.3, -0.25) is 18.4 Å². The number of phosphoric acid groups is 1. The van der Waals surface area contributed by atoms with E-state index in [1.165, 1.54) is 6.42 Å². The molecule has 1 amide bonds. The summed E-state index contributed by atoms with van der Waals surface area (Å²) < 4.78 is 30.5. The molecule has 31 heavy (non-hydrogen) atoms. The second kappa shape index (κ2) is 13.0. The van der Waals surface area contributed by atoms with E-state index in [2.05, 4.69) is 12.2 Å². The molecular formula is C23H40NO5PS. The molecule has 0 spiro atoms. The minimum Gasteiger partial charge on any atom is -0.346 e. The Hall–Kier alpha value is -0.850. The highest BCUT2D eigenvalue weighted by Gasteiger charge is 2.38. The Morgan fingerprint density at radius 3 is 2.13 bits per heavy atom. The minimum absolute atomic E-state index is 0.0281. The average Bonchev–Trinajstić information content (AvgIpc) is 2.62. The molecule has 0 bridgehead atoms. The Balaban J connectivity index is 2.86. The van der Waals surface area contributed by atoms with Crippen LogP contribution in [-0.4, -0.2) is 35.2 Å². The van der Waals surface area contributed by atoms with Crippen molar-refractivity contribution in [3.63, 3.8) is 0 Å². The largest absolute Gasteiger partial charge is 0.475 e. The summed E-state index contributed by atoms with van der Waals surface area (Å²) in [6, 6.07) is 9.04. The number of hydrogen-bond acceptors (Lipinski definition) is 6. The monoisotopic (exact) mass is 473 g/mol. The fraction of sp³-hybridized carbons (Fsp3) is 0.696. The molecule has 0 fully saturated rings. The van der Waals surface area contributed by atoms with Gasteiger partial charge < -0.3 is 5.32 Å². The molecule has 8 heteroatoms. The molecule has 0 aliphatic heterocycles. The third-order valence-corrected chi connectivity index (χ3v) is 6.88. The van der Waals surface area contributed by atoms with Crippen LogP contribution in [0.1, 0.15) is 79.3 Å². The molecule has 1 rings (SSSR count). The molecule has 1 aromatic carbocycles. The van der Waals surface area contributed by atoms with Crippen LogP contribution < -0.4 is 5.32 Å². The number of carbonyl (C=O) groups is 1. The van der Waals surface area contributed by atoms with Crippen LogP contribution in [0.2, 0.25) is 0 Å². The maximum Gasteiger partial charge on any atom is 0.475 e. The van der Waals surface area contributed by atoms with E-state index in [4.69, 9.17) is 13.6 Å². The number of unbranched alkanes of at least 4 members (excludes halogenated alkanes) is 2. The van der Waals surface area contributed by atoms with Crippen molar-refractivity contribution >= 4 is 25.5 Å². The molecule has 1 N–H and O–H groups in total. The Kier molecular flexibility index (Phi) is 11.8. The zero-order valence-corrected chi connectivity index (χ0v) is 21.8. The first-order valence-electron chi connectivity index (χ1n) is 10.9. The van der Waals surface area contributed by atoms with E-state index in [-0.39, 0.29) is 12.5 Å². The van der Waals surface area contributed by atoms with Gasteiger partial charge in [0.2, 0.25) is 5.91 Å². The molecule has 0 heterocycles. The van der Waals surface area contributed by atoms with E-state index in [9.17, 15) is 9.36 Å². The van der Waals surface area contributed by atoms with Crippen molar-refractivity contribution in [2.75, 3.05) is 18.1 Å². The van der Waals surface area contributed by atoms with Crippen LogP contribution in [0.15, 0.2) is 30.3 Å². The van der Waals surface area contributed by atoms with Crippen molar-refractivity contribution in [1.29, 1.82) is 0 Å². The first-order chi connectivity index (χ1) is 14.3. The van der Waals surface area contributed by atoms with Gasteiger partial charge in [0.15, 0.2) is 0 Å². The summed E-state index contributed by atoms with van der Waals surface area (Å²) in [7, 11) is -3.87. The first-order valence-corrected chi connectivity index (χ1v) is 13.5. The minimum atomic E-state index is -3.87. The van der Waals surface area contributed by atoms with Crippen molar-refractivity contribution < 1.29 is 22.9 Å². The number of amides is 1. The Labute approximate surface area is 192 Å². The van der Waals surface area contributed by atoms with Crippen molar-refractivity contribution in [3.05, 3.63) is 35.9 Å². The maximum atomic E-state index is 13.4. The highest BCUT2D eigenvalue weighted by atomic mass is 32.2. The highest BCUT2D eigenvalue weighted by Crippen LogP contribution is 2.55. The molecule has 0 aromatic heterocycles. The number of rotatable bonds is 13. The van der Waals surface area contributed by atoms with Crippen molar-refractivity contribution in [3.8, 4) is 0 Å². The van der Waals surface area contributed by atoms with Crippen molar-refractivity contribution in [1.82, 2.24) is 5.32 Å². The van der Waals surface area contributed by atoms with E-state index in [0.29, 0.717) is 5.75 Å². The maximum absolute atomic E-state index is 13.4. The summed E-state index contributed by atoms with van der Waals surface area (Å²) in [5, 5.41) is 3.01. The van der Waals surface area contributed by atoms with Crippen LogP contribution in [0.5, 0.6) is 0 Å². The number of carbonyl (C=O) groups excluding carboxylic acids is 1. The number of phosphoric ester groups is 1. The zero-order valence-electron chi connectivity index (χ0n) is 20.1. The SMILES string of the molecule is CCCCCSCC(=O)NC(COP(=O)(OC(C)(C)C)OC(C)(C)C)c1ccccc1. The fourth-order valence-electron chi connectivity index (χ4n) is 2.67. The van der Waals surface area contributed by atoms with Crippen molar-refractivity contribution in [2.24, 2.45) is 0 Å². The van der Waals surface area contributed by atoms with E-state index in [0.717, 1.165) is 24.2 Å². The summed E-state index contributed by atoms with van der Waals surface area (Å²) in [6.07, 6.45) is 3.44. The summed E-state index contributed by atoms with van der Waals surface area (Å²) in [5.41, 5.74) is -0.576. The van der Waals surface area contributed by atoms with E-state index in [1.54, 1.807) is 53.3 Å². The molecular weight excluding hydrogens is 433 g/mol. The standard InChI is InChI=1S/C23H40NO5PS/c1-8-9-13-16-31-18-21(25)24-20(19-14-11-10-12-15-19)17-27-30(26,28-22(2,3)4)29-23(5,6)7/h10-12,14-15,20H,8-9,13,16-18H2,1-7H3,(H,24,25). The van der Waals surface area contributed by atoms with Gasteiger partial charge in [-0.05, 0) is 59.3 Å². The molecule has 1 atom stereocenters. The number of thioether (sulfide) groups is 1. The van der Waals surface area contributed by atoms with Gasteiger partial charge in [0.1, 0.15) is 0 Å². The lowest BCUT2D eigenvalue weighted by molar-refractivity contribution is -0.119. The van der Waals surface area contributed by atoms with Gasteiger partial charge in [-0.1, -0.05) is 50.1 Å². The smallest absolute Gasteiger partial charge is 0.346 e. The van der Waals surface area contributed by atoms with Gasteiger partial charge in [0, 0.05) is 0 Å². The summed E-state index contributed by atoms with van der Waals surface area (Å²) in [4.78, 5) is 12.5. The van der Waals surface area contributed by atoms with Gasteiger partial charge in [-0.2, -0.15) is 11.8 Å². The van der Waals surface area contributed by atoms with Gasteiger partial charge >= 0.3 is 7.82 Å². The molecule has 0 saturated heterocycles. The van der Waals surface area contributed by atoms with Gasteiger partial charge in [0.05, 0.1) is 29.6 Å². The quantitative estimate of drug-likeness (QED) is 0.260. The lowest BCUT2D eigenvalue weighted by Gasteiger charge is -2.32. The summed E-state index contributed by atoms with van der Waals surface area (Å²) in [5.74, 6) is 1.26.